The van der Waals surface area contributed by atoms with Crippen LogP contribution >= 0.6 is 0 Å². The van der Waals surface area contributed by atoms with Crippen molar-refractivity contribution in [2.75, 3.05) is 17.1 Å². The van der Waals surface area contributed by atoms with Gasteiger partial charge >= 0.3 is 0 Å². The number of rotatable bonds is 8. The van der Waals surface area contributed by atoms with Crippen LogP contribution in [0.5, 0.6) is 5.75 Å². The average Bonchev–Trinajstić information content (AvgIpc) is 2.70. The number of sulfonamides is 1. The highest BCUT2D eigenvalue weighted by atomic mass is 32.2. The van der Waals surface area contributed by atoms with Gasteiger partial charge in [-0.05, 0) is 82.7 Å². The molecule has 7 heteroatoms. The Hall–Kier alpha value is -2.09. The number of anilines is 1. The Kier molecular flexibility index (Phi) is 7.53. The maximum absolute atomic E-state index is 12.5. The van der Waals surface area contributed by atoms with E-state index in [2.05, 4.69) is 12.1 Å². The van der Waals surface area contributed by atoms with Crippen molar-refractivity contribution in [2.24, 2.45) is 5.84 Å². The Balaban J connectivity index is 2.14. The highest BCUT2D eigenvalue weighted by molar-refractivity contribution is 7.92. The largest absolute Gasteiger partial charge is 0.491 e. The minimum Gasteiger partial charge on any atom is -0.491 e. The highest BCUT2D eigenvalue weighted by Gasteiger charge is 2.40. The van der Waals surface area contributed by atoms with E-state index in [9.17, 15) is 8.42 Å². The fourth-order valence-corrected chi connectivity index (χ4v) is 6.07. The maximum atomic E-state index is 12.5. The number of benzene rings is 2. The van der Waals surface area contributed by atoms with Crippen LogP contribution in [0.3, 0.4) is 0 Å². The molecule has 0 amide bonds. The minimum atomic E-state index is -3.42. The lowest BCUT2D eigenvalue weighted by atomic mass is 9.77. The minimum absolute atomic E-state index is 0.00344. The smallest absolute Gasteiger partial charge is 0.232 e. The van der Waals surface area contributed by atoms with Crippen LogP contribution in [0.2, 0.25) is 0 Å². The van der Waals surface area contributed by atoms with E-state index in [4.69, 9.17) is 10.6 Å². The Morgan fingerprint density at radius 3 is 2.34 bits per heavy atom. The predicted octanol–water partition coefficient (Wildman–Crippen LogP) is 4.45. The van der Waals surface area contributed by atoms with Gasteiger partial charge < -0.3 is 4.74 Å². The summed E-state index contributed by atoms with van der Waals surface area (Å²) in [4.78, 5) is 0. The molecule has 0 aliphatic carbocycles. The van der Waals surface area contributed by atoms with E-state index < -0.39 is 10.0 Å². The molecule has 1 heterocycles. The van der Waals surface area contributed by atoms with E-state index in [1.807, 2.05) is 69.1 Å². The molecule has 3 rings (SSSR count). The van der Waals surface area contributed by atoms with Gasteiger partial charge in [0.15, 0.2) is 0 Å². The monoisotopic (exact) mass is 459 g/mol. The van der Waals surface area contributed by atoms with Crippen LogP contribution in [-0.2, 0) is 22.0 Å². The van der Waals surface area contributed by atoms with Crippen LogP contribution in [0.1, 0.15) is 58.1 Å². The van der Waals surface area contributed by atoms with Gasteiger partial charge in [0.2, 0.25) is 10.0 Å². The summed E-state index contributed by atoms with van der Waals surface area (Å²) >= 11 is 0. The number of hydrogen-bond donors (Lipinski definition) is 1. The zero-order chi connectivity index (χ0) is 23.5. The van der Waals surface area contributed by atoms with Crippen molar-refractivity contribution < 1.29 is 13.2 Å². The number of hydrogen-bond acceptors (Lipinski definition) is 5. The molecule has 0 aromatic heterocycles. The van der Waals surface area contributed by atoms with E-state index in [1.165, 1.54) is 16.1 Å². The Morgan fingerprint density at radius 2 is 1.78 bits per heavy atom. The molecule has 1 atom stereocenters. The molecule has 1 aliphatic heterocycles. The Labute approximate surface area is 193 Å². The second kappa shape index (κ2) is 9.81. The van der Waals surface area contributed by atoms with Gasteiger partial charge in [0.1, 0.15) is 5.75 Å². The van der Waals surface area contributed by atoms with Crippen molar-refractivity contribution in [1.82, 2.24) is 5.01 Å². The molecule has 0 radical (unpaired) electrons. The van der Waals surface area contributed by atoms with Crippen molar-refractivity contribution in [1.29, 1.82) is 0 Å². The van der Waals surface area contributed by atoms with Gasteiger partial charge in [-0.2, -0.15) is 0 Å². The maximum Gasteiger partial charge on any atom is 0.232 e. The number of hydrazine groups is 1. The van der Waals surface area contributed by atoms with Crippen LogP contribution in [0, 0.1) is 0 Å². The Morgan fingerprint density at radius 1 is 1.09 bits per heavy atom. The lowest BCUT2D eigenvalue weighted by molar-refractivity contribution is 0.0417. The molecule has 0 bridgehead atoms. The lowest BCUT2D eigenvalue weighted by Crippen LogP contribution is -2.54. The van der Waals surface area contributed by atoms with Crippen LogP contribution in [0.15, 0.2) is 48.5 Å². The second-order valence-electron chi connectivity index (χ2n) is 9.34. The molecule has 2 aromatic rings. The molecular formula is C25H37N3O3S. The van der Waals surface area contributed by atoms with E-state index in [1.54, 1.807) is 0 Å². The number of nitrogens with zero attached hydrogens (tertiary/aromatic N) is 2. The Bertz CT molecular complexity index is 1010. The molecule has 2 aromatic carbocycles. The third kappa shape index (κ3) is 5.27. The first-order chi connectivity index (χ1) is 15.0. The van der Waals surface area contributed by atoms with E-state index in [-0.39, 0.29) is 17.7 Å². The summed E-state index contributed by atoms with van der Waals surface area (Å²) in [5.74, 6) is 7.42. The van der Waals surface area contributed by atoms with Gasteiger partial charge in [-0.15, -0.1) is 0 Å². The van der Waals surface area contributed by atoms with Crippen molar-refractivity contribution >= 4 is 15.7 Å². The molecule has 1 saturated heterocycles. The molecule has 6 nitrogen and oxygen atoms in total. The molecule has 0 spiro atoms. The molecular weight excluding hydrogens is 422 g/mol. The van der Waals surface area contributed by atoms with Crippen molar-refractivity contribution in [2.45, 2.75) is 71.1 Å². The predicted molar refractivity (Wildman–Crippen MR) is 131 cm³/mol. The molecule has 176 valence electrons. The van der Waals surface area contributed by atoms with Gasteiger partial charge in [0.05, 0.1) is 23.6 Å². The number of piperidine rings is 1. The molecule has 1 unspecified atom stereocenters. The van der Waals surface area contributed by atoms with E-state index in [0.717, 1.165) is 37.1 Å². The van der Waals surface area contributed by atoms with Crippen LogP contribution in [0.4, 0.5) is 5.69 Å². The van der Waals surface area contributed by atoms with Gasteiger partial charge in [-0.25, -0.2) is 13.4 Å². The number of ether oxygens (including phenoxy) is 1. The van der Waals surface area contributed by atoms with E-state index in [0.29, 0.717) is 12.1 Å². The lowest BCUT2D eigenvalue weighted by Gasteiger charge is -2.46. The topological polar surface area (TPSA) is 75.9 Å². The third-order valence-corrected chi connectivity index (χ3v) is 7.42. The van der Waals surface area contributed by atoms with Crippen molar-refractivity contribution in [3.05, 3.63) is 59.7 Å². The average molecular weight is 460 g/mol. The molecule has 0 saturated carbocycles. The summed E-state index contributed by atoms with van der Waals surface area (Å²) < 4.78 is 32.7. The zero-order valence-corrected chi connectivity index (χ0v) is 20.7. The highest BCUT2D eigenvalue weighted by Crippen LogP contribution is 2.41. The summed E-state index contributed by atoms with van der Waals surface area (Å²) in [6, 6.07) is 15.9. The van der Waals surface area contributed by atoms with Crippen molar-refractivity contribution in [3.63, 3.8) is 0 Å². The first-order valence-corrected chi connectivity index (χ1v) is 13.3. The second-order valence-corrected chi connectivity index (χ2v) is 11.2. The zero-order valence-electron chi connectivity index (χ0n) is 19.9. The third-order valence-electron chi connectivity index (χ3n) is 6.07. The van der Waals surface area contributed by atoms with Gasteiger partial charge in [0, 0.05) is 12.6 Å². The summed E-state index contributed by atoms with van der Waals surface area (Å²) in [5.41, 5.74) is 2.41. The van der Waals surface area contributed by atoms with Gasteiger partial charge in [0.25, 0.3) is 0 Å². The summed E-state index contributed by atoms with van der Waals surface area (Å²) in [5, 5.41) is 1.97. The van der Waals surface area contributed by atoms with Gasteiger partial charge in [-0.1, -0.05) is 30.3 Å². The quantitative estimate of drug-likeness (QED) is 0.591. The fraction of sp³-hybridized carbons (Fsp3) is 0.520. The fourth-order valence-electron chi connectivity index (χ4n) is 4.81. The van der Waals surface area contributed by atoms with Crippen molar-refractivity contribution in [3.8, 4) is 5.75 Å². The van der Waals surface area contributed by atoms with Crippen LogP contribution < -0.4 is 14.9 Å². The molecule has 2 N–H and O–H groups in total. The summed E-state index contributed by atoms with van der Waals surface area (Å²) in [7, 11) is -3.42. The molecule has 1 aliphatic rings. The number of nitrogens with two attached hydrogens (primary N) is 1. The summed E-state index contributed by atoms with van der Waals surface area (Å²) in [6.45, 7) is 8.58. The van der Waals surface area contributed by atoms with Crippen LogP contribution in [-0.4, -0.2) is 38.4 Å². The van der Waals surface area contributed by atoms with Crippen LogP contribution in [0.25, 0.3) is 0 Å². The standard InChI is InChI=1S/C25H37N3O3S/c1-19(2)28(32(5,29)30)23-13-14-24(31-20(3)4)21(17-23)18-25(15-9-10-16-27(25)26)22-11-7-6-8-12-22/h6-8,11-14,17,19-20H,9-10,15-16,18,26H2,1-5H3. The normalized spacial score (nSPS) is 20.0. The SMILES string of the molecule is CC(C)Oc1ccc(N(C(C)C)S(C)(=O)=O)cc1CC1(c2ccccc2)CCCCN1N. The first kappa shape index (κ1) is 24.6. The summed E-state index contributed by atoms with van der Waals surface area (Å²) in [6.07, 6.45) is 4.97. The first-order valence-electron chi connectivity index (χ1n) is 11.4. The van der Waals surface area contributed by atoms with Gasteiger partial charge in [-0.3, -0.25) is 10.1 Å². The molecule has 32 heavy (non-hydrogen) atoms. The molecule has 1 fully saturated rings. The van der Waals surface area contributed by atoms with E-state index >= 15 is 0 Å².